The molecule has 1 aliphatic heterocycles. The zero-order chi connectivity index (χ0) is 22.2. The summed E-state index contributed by atoms with van der Waals surface area (Å²) in [6.45, 7) is 14.4. The maximum Gasteiger partial charge on any atom is 0.111 e. The summed E-state index contributed by atoms with van der Waals surface area (Å²) in [6.07, 6.45) is 7.29. The molecule has 3 aromatic rings. The lowest BCUT2D eigenvalue weighted by Gasteiger charge is -2.20. The van der Waals surface area contributed by atoms with Crippen molar-refractivity contribution in [2.45, 2.75) is 66.7 Å². The summed E-state index contributed by atoms with van der Waals surface area (Å²) in [6, 6.07) is 14.4. The molecule has 1 unspecified atom stereocenters. The maximum absolute atomic E-state index is 4.96. The molecule has 0 spiro atoms. The summed E-state index contributed by atoms with van der Waals surface area (Å²) < 4.78 is 0. The molecule has 2 N–H and O–H groups in total. The fraction of sp³-hybridized carbons (Fsp3) is 0.462. The molecule has 1 aliphatic rings. The van der Waals surface area contributed by atoms with Crippen LogP contribution in [0.2, 0.25) is 0 Å². The van der Waals surface area contributed by atoms with E-state index in [4.69, 9.17) is 4.98 Å². The molecule has 3 heterocycles. The number of piperidine rings is 1. The van der Waals surface area contributed by atoms with Crippen LogP contribution in [0.1, 0.15) is 74.0 Å². The van der Waals surface area contributed by atoms with Crippen molar-refractivity contribution >= 4 is 0 Å². The van der Waals surface area contributed by atoms with E-state index in [-0.39, 0.29) is 1.43 Å². The third kappa shape index (κ3) is 7.42. The lowest BCUT2D eigenvalue weighted by molar-refractivity contribution is 0.449. The Morgan fingerprint density at radius 1 is 0.933 bits per heavy atom. The lowest BCUT2D eigenvalue weighted by Crippen LogP contribution is -2.28. The summed E-state index contributed by atoms with van der Waals surface area (Å²) in [7, 11) is 0. The van der Waals surface area contributed by atoms with Gasteiger partial charge in [-0.15, -0.1) is 0 Å². The van der Waals surface area contributed by atoms with Gasteiger partial charge in [-0.2, -0.15) is 0 Å². The van der Waals surface area contributed by atoms with Crippen LogP contribution in [0.15, 0.2) is 54.9 Å². The molecule has 30 heavy (non-hydrogen) atoms. The van der Waals surface area contributed by atoms with Gasteiger partial charge in [0.1, 0.15) is 5.82 Å². The number of aromatic nitrogens is 3. The number of hydrogen-bond donors (Lipinski definition) is 2. The summed E-state index contributed by atoms with van der Waals surface area (Å²) in [5.41, 5.74) is 4.38. The molecule has 1 aromatic carbocycles. The average molecular weight is 411 g/mol. The van der Waals surface area contributed by atoms with Gasteiger partial charge in [-0.25, -0.2) is 4.98 Å². The van der Waals surface area contributed by atoms with E-state index >= 15 is 0 Å². The van der Waals surface area contributed by atoms with E-state index in [0.29, 0.717) is 5.92 Å². The van der Waals surface area contributed by atoms with Gasteiger partial charge in [-0.3, -0.25) is 4.98 Å². The average Bonchev–Trinajstić information content (AvgIpc) is 3.30. The molecule has 166 valence electrons. The van der Waals surface area contributed by atoms with Gasteiger partial charge in [0, 0.05) is 37.4 Å². The number of nitrogens with zero attached hydrogens (tertiary/aromatic N) is 2. The van der Waals surface area contributed by atoms with Crippen molar-refractivity contribution in [2.24, 2.45) is 0 Å². The normalized spacial score (nSPS) is 14.8. The molecule has 4 rings (SSSR count). The first-order valence-corrected chi connectivity index (χ1v) is 11.6. The lowest BCUT2D eigenvalue weighted by atomic mass is 9.99. The SMILES string of the molecule is CC.CC.CCC.[HH].c1ccc(-c2nc(C3CCCNC3)[nH]c2-c2ccncc2)cc1. The van der Waals surface area contributed by atoms with Crippen LogP contribution in [-0.4, -0.2) is 28.0 Å². The minimum absolute atomic E-state index is 0. The predicted molar refractivity (Wildman–Crippen MR) is 133 cm³/mol. The van der Waals surface area contributed by atoms with Crippen molar-refractivity contribution in [3.8, 4) is 22.5 Å². The molecule has 1 atom stereocenters. The van der Waals surface area contributed by atoms with Gasteiger partial charge in [-0.05, 0) is 31.5 Å². The first-order valence-electron chi connectivity index (χ1n) is 11.6. The number of aromatic amines is 1. The molecule has 0 saturated carbocycles. The molecule has 0 amide bonds. The molecule has 4 nitrogen and oxygen atoms in total. The molecule has 1 fully saturated rings. The Hall–Kier alpha value is -2.46. The summed E-state index contributed by atoms with van der Waals surface area (Å²) in [4.78, 5) is 12.7. The number of hydrogen-bond acceptors (Lipinski definition) is 3. The summed E-state index contributed by atoms with van der Waals surface area (Å²) >= 11 is 0. The summed E-state index contributed by atoms with van der Waals surface area (Å²) in [5, 5.41) is 3.47. The number of imidazole rings is 1. The van der Waals surface area contributed by atoms with E-state index in [1.807, 2.05) is 58.3 Å². The van der Waals surface area contributed by atoms with E-state index in [9.17, 15) is 0 Å². The molecule has 4 heteroatoms. The highest BCUT2D eigenvalue weighted by molar-refractivity contribution is 5.78. The number of H-pyrrole nitrogens is 1. The first kappa shape index (κ1) is 25.6. The smallest absolute Gasteiger partial charge is 0.111 e. The van der Waals surface area contributed by atoms with Crippen molar-refractivity contribution in [3.05, 3.63) is 60.7 Å². The second-order valence-corrected chi connectivity index (χ2v) is 6.70. The highest BCUT2D eigenvalue weighted by Crippen LogP contribution is 2.32. The Morgan fingerprint density at radius 2 is 1.57 bits per heavy atom. The highest BCUT2D eigenvalue weighted by Gasteiger charge is 2.21. The van der Waals surface area contributed by atoms with Crippen LogP contribution in [0.25, 0.3) is 22.5 Å². The molecule has 0 radical (unpaired) electrons. The largest absolute Gasteiger partial charge is 0.341 e. The van der Waals surface area contributed by atoms with E-state index in [1.54, 1.807) is 0 Å². The zero-order valence-corrected chi connectivity index (χ0v) is 19.7. The van der Waals surface area contributed by atoms with Crippen molar-refractivity contribution in [2.75, 3.05) is 13.1 Å². The van der Waals surface area contributed by atoms with Gasteiger partial charge in [0.25, 0.3) is 0 Å². The Labute approximate surface area is 185 Å². The predicted octanol–water partition coefficient (Wildman–Crippen LogP) is 7.32. The maximum atomic E-state index is 4.96. The molecular formula is C26H42N4. The van der Waals surface area contributed by atoms with E-state index in [0.717, 1.165) is 41.4 Å². The van der Waals surface area contributed by atoms with Gasteiger partial charge in [0.05, 0.1) is 11.4 Å². The van der Waals surface area contributed by atoms with Crippen LogP contribution >= 0.6 is 0 Å². The quantitative estimate of drug-likeness (QED) is 0.475. The summed E-state index contributed by atoms with van der Waals surface area (Å²) in [5.74, 6) is 1.55. The number of nitrogens with one attached hydrogen (secondary N) is 2. The Balaban J connectivity index is 0.00000102. The number of pyridine rings is 1. The van der Waals surface area contributed by atoms with Gasteiger partial charge < -0.3 is 10.3 Å². The Kier molecular flexibility index (Phi) is 13.1. The van der Waals surface area contributed by atoms with Crippen LogP contribution in [0.5, 0.6) is 0 Å². The van der Waals surface area contributed by atoms with Crippen LogP contribution in [0, 0.1) is 0 Å². The van der Waals surface area contributed by atoms with Crippen molar-refractivity contribution in [1.82, 2.24) is 20.3 Å². The first-order chi connectivity index (χ1) is 14.8. The van der Waals surface area contributed by atoms with Crippen LogP contribution in [0.4, 0.5) is 0 Å². The van der Waals surface area contributed by atoms with E-state index in [2.05, 4.69) is 53.4 Å². The minimum Gasteiger partial charge on any atom is -0.341 e. The second kappa shape index (κ2) is 15.4. The monoisotopic (exact) mass is 410 g/mol. The zero-order valence-electron chi connectivity index (χ0n) is 19.7. The standard InChI is InChI=1S/C19H20N4.C3H8.2C2H6.H2/c1-2-5-14(6-3-1)17-18(15-8-11-20-12-9-15)23-19(22-17)16-7-4-10-21-13-16;1-3-2;2*1-2;/h1-3,5-6,8-9,11-12,16,21H,4,7,10,13H2,(H,22,23);3H2,1-2H3;2*1-2H3;1H. The minimum atomic E-state index is 0. The van der Waals surface area contributed by atoms with Gasteiger partial charge in [-0.1, -0.05) is 78.3 Å². The van der Waals surface area contributed by atoms with E-state index in [1.165, 1.54) is 19.3 Å². The fourth-order valence-electron chi connectivity index (χ4n) is 3.20. The van der Waals surface area contributed by atoms with Crippen molar-refractivity contribution < 1.29 is 1.43 Å². The van der Waals surface area contributed by atoms with Gasteiger partial charge >= 0.3 is 0 Å². The van der Waals surface area contributed by atoms with Gasteiger partial charge in [0.2, 0.25) is 0 Å². The number of rotatable bonds is 3. The third-order valence-electron chi connectivity index (χ3n) is 4.42. The molecule has 0 bridgehead atoms. The molecular weight excluding hydrogens is 368 g/mol. The second-order valence-electron chi connectivity index (χ2n) is 6.70. The van der Waals surface area contributed by atoms with Crippen LogP contribution in [0.3, 0.4) is 0 Å². The topological polar surface area (TPSA) is 53.6 Å². The van der Waals surface area contributed by atoms with Gasteiger partial charge in [0.15, 0.2) is 0 Å². The van der Waals surface area contributed by atoms with Crippen LogP contribution < -0.4 is 5.32 Å². The van der Waals surface area contributed by atoms with Crippen molar-refractivity contribution in [1.29, 1.82) is 0 Å². The van der Waals surface area contributed by atoms with Crippen molar-refractivity contribution in [3.63, 3.8) is 0 Å². The third-order valence-corrected chi connectivity index (χ3v) is 4.42. The Bertz CT molecular complexity index is 725. The van der Waals surface area contributed by atoms with E-state index < -0.39 is 0 Å². The Morgan fingerprint density at radius 3 is 2.13 bits per heavy atom. The van der Waals surface area contributed by atoms with Crippen LogP contribution in [-0.2, 0) is 0 Å². The molecule has 2 aromatic heterocycles. The fourth-order valence-corrected chi connectivity index (χ4v) is 3.20. The molecule has 0 aliphatic carbocycles. The molecule has 1 saturated heterocycles. The highest BCUT2D eigenvalue weighted by atomic mass is 15.0. The number of benzene rings is 1.